The molecule has 1 atom stereocenters. The summed E-state index contributed by atoms with van der Waals surface area (Å²) in [5, 5.41) is 13.1. The molecule has 0 heterocycles. The maximum atomic E-state index is 12.4. The van der Waals surface area contributed by atoms with E-state index in [0.29, 0.717) is 35.5 Å². The number of carbonyl (C=O) groups is 1. The first kappa shape index (κ1) is 19.7. The van der Waals surface area contributed by atoms with Gasteiger partial charge in [0.15, 0.2) is 11.5 Å². The zero-order valence-electron chi connectivity index (χ0n) is 16.2. The second kappa shape index (κ2) is 7.90. The number of hydrogen-bond acceptors (Lipinski definition) is 6. The van der Waals surface area contributed by atoms with E-state index in [9.17, 15) is 14.7 Å². The molecule has 3 rings (SSSR count). The van der Waals surface area contributed by atoms with Crippen molar-refractivity contribution in [2.45, 2.75) is 32.4 Å². The SMILES string of the molecule is COc1cc2c(c(CO)c1OC)-c1ccc(N)c(=O)cc1[C@@H](NC(C)=O)CC2. The van der Waals surface area contributed by atoms with Gasteiger partial charge in [-0.25, -0.2) is 0 Å². The predicted octanol–water partition coefficient (Wildman–Crippen LogP) is 1.93. The number of aryl methyl sites for hydroxylation is 1. The van der Waals surface area contributed by atoms with Crippen LogP contribution in [-0.2, 0) is 17.8 Å². The van der Waals surface area contributed by atoms with Gasteiger partial charge in [0.1, 0.15) is 0 Å². The number of carbonyl (C=O) groups excluding carboxylic acids is 1. The Labute approximate surface area is 163 Å². The molecule has 0 saturated heterocycles. The first-order valence-electron chi connectivity index (χ1n) is 9.00. The lowest BCUT2D eigenvalue weighted by atomic mass is 9.92. The number of aliphatic hydroxyl groups is 1. The van der Waals surface area contributed by atoms with Crippen molar-refractivity contribution in [1.82, 2.24) is 5.32 Å². The number of fused-ring (bicyclic) bond motifs is 3. The number of ether oxygens (including phenoxy) is 2. The van der Waals surface area contributed by atoms with Crippen LogP contribution in [0.1, 0.15) is 36.1 Å². The first-order chi connectivity index (χ1) is 13.4. The van der Waals surface area contributed by atoms with Gasteiger partial charge in [-0.1, -0.05) is 6.07 Å². The molecule has 28 heavy (non-hydrogen) atoms. The summed E-state index contributed by atoms with van der Waals surface area (Å²) in [5.74, 6) is 0.773. The van der Waals surface area contributed by atoms with Crippen molar-refractivity contribution in [3.8, 4) is 22.6 Å². The average molecular weight is 384 g/mol. The Bertz CT molecular complexity index is 987. The largest absolute Gasteiger partial charge is 0.493 e. The van der Waals surface area contributed by atoms with Crippen LogP contribution in [0.15, 0.2) is 29.1 Å². The molecule has 1 aliphatic carbocycles. The van der Waals surface area contributed by atoms with Gasteiger partial charge in [-0.05, 0) is 53.3 Å². The lowest BCUT2D eigenvalue weighted by Crippen LogP contribution is -2.26. The van der Waals surface area contributed by atoms with Gasteiger partial charge >= 0.3 is 0 Å². The number of methoxy groups -OCH3 is 2. The molecule has 4 N–H and O–H groups in total. The molecule has 1 aliphatic rings. The number of rotatable bonds is 4. The Morgan fingerprint density at radius 3 is 2.64 bits per heavy atom. The smallest absolute Gasteiger partial charge is 0.217 e. The summed E-state index contributed by atoms with van der Waals surface area (Å²) in [6.07, 6.45) is 1.21. The van der Waals surface area contributed by atoms with E-state index in [1.165, 1.54) is 20.1 Å². The number of amides is 1. The van der Waals surface area contributed by atoms with Crippen LogP contribution in [-0.4, -0.2) is 25.2 Å². The number of aliphatic hydroxyl groups excluding tert-OH is 1. The highest BCUT2D eigenvalue weighted by atomic mass is 16.5. The summed E-state index contributed by atoms with van der Waals surface area (Å²) in [6.45, 7) is 1.17. The fourth-order valence-corrected chi connectivity index (χ4v) is 3.83. The summed E-state index contributed by atoms with van der Waals surface area (Å²) in [6, 6.07) is 6.30. The highest BCUT2D eigenvalue weighted by molar-refractivity contribution is 5.81. The number of nitrogen functional groups attached to an aromatic ring is 1. The third-order valence-corrected chi connectivity index (χ3v) is 5.04. The molecule has 0 bridgehead atoms. The second-order valence-corrected chi connectivity index (χ2v) is 6.74. The minimum atomic E-state index is -0.358. The molecular weight excluding hydrogens is 360 g/mol. The monoisotopic (exact) mass is 384 g/mol. The Morgan fingerprint density at radius 1 is 1.29 bits per heavy atom. The molecule has 0 aliphatic heterocycles. The van der Waals surface area contributed by atoms with Crippen LogP contribution in [0.4, 0.5) is 5.69 Å². The van der Waals surface area contributed by atoms with Crippen LogP contribution in [0.3, 0.4) is 0 Å². The molecule has 0 unspecified atom stereocenters. The Morgan fingerprint density at radius 2 is 2.04 bits per heavy atom. The molecule has 1 amide bonds. The number of hydrogen-bond donors (Lipinski definition) is 3. The topological polar surface area (TPSA) is 111 Å². The first-order valence-corrected chi connectivity index (χ1v) is 9.00. The fraction of sp³-hybridized carbons (Fsp3) is 0.333. The summed E-state index contributed by atoms with van der Waals surface area (Å²) < 4.78 is 10.9. The number of nitrogens with two attached hydrogens (primary N) is 1. The molecule has 7 heteroatoms. The fourth-order valence-electron chi connectivity index (χ4n) is 3.83. The summed E-state index contributed by atoms with van der Waals surface area (Å²) >= 11 is 0. The van der Waals surface area contributed by atoms with E-state index in [-0.39, 0.29) is 29.7 Å². The molecule has 7 nitrogen and oxygen atoms in total. The maximum Gasteiger partial charge on any atom is 0.217 e. The quantitative estimate of drug-likeness (QED) is 0.743. The van der Waals surface area contributed by atoms with E-state index in [1.54, 1.807) is 19.2 Å². The van der Waals surface area contributed by atoms with Crippen LogP contribution in [0.5, 0.6) is 11.5 Å². The van der Waals surface area contributed by atoms with Crippen molar-refractivity contribution >= 4 is 11.6 Å². The standard InChI is InChI=1S/C21H24N2O5/c1-11(25)23-17-7-4-12-8-19(27-2)21(28-3)15(10-24)20(12)13-5-6-16(22)18(26)9-14(13)17/h5-6,8-9,17,24H,4,7,10H2,1-3H3,(H2,22,26)(H,23,25)/t17-/m0/s1. The molecule has 0 fully saturated rings. The van der Waals surface area contributed by atoms with E-state index in [0.717, 1.165) is 16.7 Å². The maximum absolute atomic E-state index is 12.4. The highest BCUT2D eigenvalue weighted by Crippen LogP contribution is 2.45. The van der Waals surface area contributed by atoms with Gasteiger partial charge in [0.25, 0.3) is 0 Å². The van der Waals surface area contributed by atoms with Crippen LogP contribution in [0.2, 0.25) is 0 Å². The normalized spacial score (nSPS) is 15.1. The number of nitrogens with one attached hydrogen (secondary N) is 1. The molecular formula is C21H24N2O5. The van der Waals surface area contributed by atoms with Crippen molar-refractivity contribution in [2.24, 2.45) is 0 Å². The van der Waals surface area contributed by atoms with Crippen LogP contribution < -0.4 is 26.0 Å². The average Bonchev–Trinajstić information content (AvgIpc) is 2.90. The Balaban J connectivity index is 2.41. The predicted molar refractivity (Wildman–Crippen MR) is 106 cm³/mol. The Kier molecular flexibility index (Phi) is 5.56. The number of anilines is 1. The van der Waals surface area contributed by atoms with Gasteiger partial charge in [0, 0.05) is 12.5 Å². The van der Waals surface area contributed by atoms with Gasteiger partial charge in [-0.3, -0.25) is 9.59 Å². The van der Waals surface area contributed by atoms with Crippen molar-refractivity contribution in [3.05, 3.63) is 51.2 Å². The van der Waals surface area contributed by atoms with Crippen molar-refractivity contribution in [1.29, 1.82) is 0 Å². The van der Waals surface area contributed by atoms with E-state index in [1.807, 2.05) is 6.07 Å². The van der Waals surface area contributed by atoms with E-state index < -0.39 is 0 Å². The van der Waals surface area contributed by atoms with Crippen molar-refractivity contribution in [3.63, 3.8) is 0 Å². The summed E-state index contributed by atoms with van der Waals surface area (Å²) in [7, 11) is 3.06. The second-order valence-electron chi connectivity index (χ2n) is 6.74. The van der Waals surface area contributed by atoms with E-state index in [4.69, 9.17) is 15.2 Å². The van der Waals surface area contributed by atoms with Gasteiger partial charge in [0.2, 0.25) is 11.3 Å². The van der Waals surface area contributed by atoms with Crippen molar-refractivity contribution in [2.75, 3.05) is 20.0 Å². The van der Waals surface area contributed by atoms with Gasteiger partial charge in [0.05, 0.1) is 32.6 Å². The van der Waals surface area contributed by atoms with Gasteiger partial charge in [-0.15, -0.1) is 0 Å². The highest BCUT2D eigenvalue weighted by Gasteiger charge is 2.28. The Hall–Kier alpha value is -3.06. The molecule has 2 aromatic rings. The van der Waals surface area contributed by atoms with E-state index in [2.05, 4.69) is 5.32 Å². The minimum absolute atomic E-state index is 0.113. The molecule has 0 aromatic heterocycles. The molecule has 148 valence electrons. The molecule has 0 spiro atoms. The van der Waals surface area contributed by atoms with Crippen LogP contribution in [0, 0.1) is 0 Å². The lowest BCUT2D eigenvalue weighted by molar-refractivity contribution is -0.119. The third kappa shape index (κ3) is 3.41. The van der Waals surface area contributed by atoms with E-state index >= 15 is 0 Å². The molecule has 2 aromatic carbocycles. The minimum Gasteiger partial charge on any atom is -0.493 e. The van der Waals surface area contributed by atoms with Gasteiger partial charge in [-0.2, -0.15) is 0 Å². The van der Waals surface area contributed by atoms with Gasteiger partial charge < -0.3 is 25.6 Å². The lowest BCUT2D eigenvalue weighted by Gasteiger charge is -2.19. The summed E-state index contributed by atoms with van der Waals surface area (Å²) in [5.41, 5.74) is 9.32. The van der Waals surface area contributed by atoms with Crippen molar-refractivity contribution < 1.29 is 19.4 Å². The number of benzene rings is 1. The van der Waals surface area contributed by atoms with Crippen LogP contribution in [0.25, 0.3) is 11.1 Å². The zero-order chi connectivity index (χ0) is 20.4. The molecule has 0 saturated carbocycles. The summed E-state index contributed by atoms with van der Waals surface area (Å²) in [4.78, 5) is 24.2. The zero-order valence-corrected chi connectivity index (χ0v) is 16.2. The molecule has 0 radical (unpaired) electrons. The van der Waals surface area contributed by atoms with Crippen LogP contribution >= 0.6 is 0 Å². The third-order valence-electron chi connectivity index (χ3n) is 5.04.